The molecule has 7 heteroatoms. The van der Waals surface area contributed by atoms with Crippen molar-refractivity contribution in [1.29, 1.82) is 0 Å². The van der Waals surface area contributed by atoms with Gasteiger partial charge in [-0.15, -0.1) is 0 Å². The van der Waals surface area contributed by atoms with Crippen LogP contribution in [-0.2, 0) is 4.79 Å². The van der Waals surface area contributed by atoms with E-state index in [2.05, 4.69) is 5.32 Å². The van der Waals surface area contributed by atoms with E-state index in [0.29, 0.717) is 22.7 Å². The molecule has 2 amide bonds. The van der Waals surface area contributed by atoms with Gasteiger partial charge >= 0.3 is 12.0 Å². The maximum atomic E-state index is 12.0. The van der Waals surface area contributed by atoms with Crippen LogP contribution in [0.5, 0.6) is 11.5 Å². The molecule has 0 aromatic heterocycles. The Hall–Kier alpha value is -3.35. The number of esters is 1. The predicted octanol–water partition coefficient (Wildman–Crippen LogP) is 3.43. The summed E-state index contributed by atoms with van der Waals surface area (Å²) in [7, 11) is 1.65. The summed E-state index contributed by atoms with van der Waals surface area (Å²) in [5, 5.41) is 2.79. The molecular formula is C21H24N2O5. The number of ketones is 1. The summed E-state index contributed by atoms with van der Waals surface area (Å²) in [6, 6.07) is 13.0. The molecule has 28 heavy (non-hydrogen) atoms. The lowest BCUT2D eigenvalue weighted by atomic mass is 10.1. The van der Waals surface area contributed by atoms with E-state index in [1.807, 2.05) is 13.8 Å². The Labute approximate surface area is 164 Å². The third-order valence-electron chi connectivity index (χ3n) is 3.77. The van der Waals surface area contributed by atoms with E-state index in [-0.39, 0.29) is 24.5 Å². The predicted molar refractivity (Wildman–Crippen MR) is 106 cm³/mol. The van der Waals surface area contributed by atoms with Crippen molar-refractivity contribution in [3.8, 4) is 11.5 Å². The lowest BCUT2D eigenvalue weighted by molar-refractivity contribution is -0.136. The van der Waals surface area contributed by atoms with Gasteiger partial charge in [0, 0.05) is 24.3 Å². The van der Waals surface area contributed by atoms with E-state index in [4.69, 9.17) is 9.47 Å². The summed E-state index contributed by atoms with van der Waals surface area (Å²) < 4.78 is 10.6. The van der Waals surface area contributed by atoms with E-state index in [1.165, 1.54) is 11.8 Å². The van der Waals surface area contributed by atoms with Crippen LogP contribution in [0.4, 0.5) is 10.5 Å². The number of amides is 2. The maximum absolute atomic E-state index is 12.0. The average molecular weight is 384 g/mol. The highest BCUT2D eigenvalue weighted by Gasteiger charge is 2.12. The second-order valence-corrected chi connectivity index (χ2v) is 6.50. The van der Waals surface area contributed by atoms with Gasteiger partial charge in [0.2, 0.25) is 0 Å². The monoisotopic (exact) mass is 384 g/mol. The zero-order valence-corrected chi connectivity index (χ0v) is 16.4. The summed E-state index contributed by atoms with van der Waals surface area (Å²) in [6.07, 6.45) is 0. The van der Waals surface area contributed by atoms with Crippen molar-refractivity contribution >= 4 is 23.5 Å². The highest BCUT2D eigenvalue weighted by molar-refractivity contribution is 5.94. The van der Waals surface area contributed by atoms with Crippen molar-refractivity contribution in [2.45, 2.75) is 26.8 Å². The van der Waals surface area contributed by atoms with E-state index in [1.54, 1.807) is 55.6 Å². The Bertz CT molecular complexity index is 846. The standard InChI is InChI=1S/C21H24N2O5/c1-14(2)22-21(26)23(4)17-8-10-18(11-9-17)28-20(25)13-27-19-7-5-6-16(12-19)15(3)24/h5-12,14H,13H2,1-4H3,(H,22,26). The molecule has 2 rings (SSSR count). The molecule has 0 aliphatic rings. The molecule has 1 N–H and O–H groups in total. The third kappa shape index (κ3) is 6.12. The molecule has 0 saturated heterocycles. The summed E-state index contributed by atoms with van der Waals surface area (Å²) in [5.41, 5.74) is 1.17. The topological polar surface area (TPSA) is 84.9 Å². The number of rotatable bonds is 7. The minimum absolute atomic E-state index is 0.0336. The molecule has 0 heterocycles. The number of urea groups is 1. The Morgan fingerprint density at radius 3 is 2.32 bits per heavy atom. The minimum Gasteiger partial charge on any atom is -0.482 e. The molecule has 0 bridgehead atoms. The number of nitrogens with zero attached hydrogens (tertiary/aromatic N) is 1. The zero-order valence-electron chi connectivity index (χ0n) is 16.4. The van der Waals surface area contributed by atoms with Crippen molar-refractivity contribution in [3.63, 3.8) is 0 Å². The number of hydrogen-bond acceptors (Lipinski definition) is 5. The second kappa shape index (κ2) is 9.55. The first-order valence-electron chi connectivity index (χ1n) is 8.85. The van der Waals surface area contributed by atoms with Crippen LogP contribution in [0.25, 0.3) is 0 Å². The Kier molecular flexibility index (Phi) is 7.14. The molecule has 0 unspecified atom stereocenters. The van der Waals surface area contributed by atoms with Crippen LogP contribution in [0.3, 0.4) is 0 Å². The van der Waals surface area contributed by atoms with Gasteiger partial charge in [0.15, 0.2) is 12.4 Å². The largest absolute Gasteiger partial charge is 0.482 e. The lowest BCUT2D eigenvalue weighted by Crippen LogP contribution is -2.40. The number of hydrogen-bond donors (Lipinski definition) is 1. The normalized spacial score (nSPS) is 10.3. The quantitative estimate of drug-likeness (QED) is 0.449. The van der Waals surface area contributed by atoms with Crippen LogP contribution in [0, 0.1) is 0 Å². The molecule has 148 valence electrons. The number of anilines is 1. The van der Waals surface area contributed by atoms with Crippen LogP contribution in [0.15, 0.2) is 48.5 Å². The van der Waals surface area contributed by atoms with E-state index < -0.39 is 5.97 Å². The lowest BCUT2D eigenvalue weighted by Gasteiger charge is -2.20. The van der Waals surface area contributed by atoms with Crippen molar-refractivity contribution in [2.75, 3.05) is 18.6 Å². The van der Waals surface area contributed by atoms with Crippen LogP contribution in [-0.4, -0.2) is 37.5 Å². The first-order chi connectivity index (χ1) is 13.3. The second-order valence-electron chi connectivity index (χ2n) is 6.50. The smallest absolute Gasteiger partial charge is 0.349 e. The van der Waals surface area contributed by atoms with Gasteiger partial charge in [0.25, 0.3) is 0 Å². The third-order valence-corrected chi connectivity index (χ3v) is 3.77. The van der Waals surface area contributed by atoms with Crippen LogP contribution >= 0.6 is 0 Å². The summed E-state index contributed by atoms with van der Waals surface area (Å²) in [6.45, 7) is 4.93. The van der Waals surface area contributed by atoms with E-state index >= 15 is 0 Å². The van der Waals surface area contributed by atoms with Crippen LogP contribution in [0.1, 0.15) is 31.1 Å². The van der Waals surface area contributed by atoms with Crippen molar-refractivity contribution < 1.29 is 23.9 Å². The molecule has 2 aromatic carbocycles. The number of Topliss-reactive ketones (excluding diaryl/α,β-unsaturated/α-hetero) is 1. The first kappa shape index (κ1) is 21.0. The van der Waals surface area contributed by atoms with E-state index in [9.17, 15) is 14.4 Å². The molecule has 7 nitrogen and oxygen atoms in total. The first-order valence-corrected chi connectivity index (χ1v) is 8.85. The van der Waals surface area contributed by atoms with Gasteiger partial charge in [-0.3, -0.25) is 9.69 Å². The fourth-order valence-corrected chi connectivity index (χ4v) is 2.31. The number of benzene rings is 2. The van der Waals surface area contributed by atoms with Gasteiger partial charge in [-0.2, -0.15) is 0 Å². The molecule has 0 atom stereocenters. The summed E-state index contributed by atoms with van der Waals surface area (Å²) >= 11 is 0. The SMILES string of the molecule is CC(=O)c1cccc(OCC(=O)Oc2ccc(N(C)C(=O)NC(C)C)cc2)c1. The molecule has 2 aromatic rings. The van der Waals surface area contributed by atoms with Gasteiger partial charge in [-0.05, 0) is 57.2 Å². The number of carbonyl (C=O) groups excluding carboxylic acids is 3. The van der Waals surface area contributed by atoms with Gasteiger partial charge in [-0.25, -0.2) is 9.59 Å². The number of carbonyl (C=O) groups is 3. The Morgan fingerprint density at radius 1 is 1.04 bits per heavy atom. The van der Waals surface area contributed by atoms with Crippen molar-refractivity contribution in [3.05, 3.63) is 54.1 Å². The Morgan fingerprint density at radius 2 is 1.71 bits per heavy atom. The number of nitrogens with one attached hydrogen (secondary N) is 1. The van der Waals surface area contributed by atoms with Gasteiger partial charge in [-0.1, -0.05) is 12.1 Å². The van der Waals surface area contributed by atoms with Crippen molar-refractivity contribution in [2.24, 2.45) is 0 Å². The fourth-order valence-electron chi connectivity index (χ4n) is 2.31. The summed E-state index contributed by atoms with van der Waals surface area (Å²) in [5.74, 6) is 0.0948. The molecule has 0 aliphatic heterocycles. The van der Waals surface area contributed by atoms with Gasteiger partial charge < -0.3 is 14.8 Å². The molecule has 0 fully saturated rings. The highest BCUT2D eigenvalue weighted by Crippen LogP contribution is 2.19. The average Bonchev–Trinajstić information content (AvgIpc) is 2.66. The van der Waals surface area contributed by atoms with Gasteiger partial charge in [0.1, 0.15) is 11.5 Å². The molecule has 0 aliphatic carbocycles. The molecule has 0 saturated carbocycles. The van der Waals surface area contributed by atoms with Gasteiger partial charge in [0.05, 0.1) is 0 Å². The molecular weight excluding hydrogens is 360 g/mol. The Balaban J connectivity index is 1.89. The van der Waals surface area contributed by atoms with Crippen LogP contribution < -0.4 is 19.7 Å². The minimum atomic E-state index is -0.577. The fraction of sp³-hybridized carbons (Fsp3) is 0.286. The number of ether oxygens (including phenoxy) is 2. The van der Waals surface area contributed by atoms with Crippen molar-refractivity contribution in [1.82, 2.24) is 5.32 Å². The maximum Gasteiger partial charge on any atom is 0.349 e. The highest BCUT2D eigenvalue weighted by atomic mass is 16.6. The van der Waals surface area contributed by atoms with E-state index in [0.717, 1.165) is 0 Å². The van der Waals surface area contributed by atoms with Crippen LogP contribution in [0.2, 0.25) is 0 Å². The molecule has 0 radical (unpaired) electrons. The molecule has 0 spiro atoms. The zero-order chi connectivity index (χ0) is 20.7. The summed E-state index contributed by atoms with van der Waals surface area (Å²) in [4.78, 5) is 36.8.